The van der Waals surface area contributed by atoms with E-state index in [9.17, 15) is 9.90 Å². The molecule has 1 N–H and O–H groups in total. The zero-order valence-corrected chi connectivity index (χ0v) is 19.1. The van der Waals surface area contributed by atoms with Gasteiger partial charge in [0.1, 0.15) is 18.5 Å². The van der Waals surface area contributed by atoms with Gasteiger partial charge in [0.05, 0.1) is 24.7 Å². The van der Waals surface area contributed by atoms with E-state index in [1.165, 1.54) is 0 Å². The van der Waals surface area contributed by atoms with Crippen LogP contribution in [0.3, 0.4) is 0 Å². The molecule has 0 spiro atoms. The first-order valence-electron chi connectivity index (χ1n) is 11.0. The highest BCUT2D eigenvalue weighted by atomic mass is 16.5. The number of nitrogens with zero attached hydrogens (tertiary/aromatic N) is 3. The van der Waals surface area contributed by atoms with Crippen LogP contribution < -0.4 is 9.47 Å². The summed E-state index contributed by atoms with van der Waals surface area (Å²) in [5, 5.41) is 10.8. The van der Waals surface area contributed by atoms with Crippen LogP contribution in [0.2, 0.25) is 0 Å². The lowest BCUT2D eigenvalue weighted by Gasteiger charge is -2.32. The van der Waals surface area contributed by atoms with Gasteiger partial charge in [0.2, 0.25) is 5.91 Å². The van der Waals surface area contributed by atoms with Gasteiger partial charge in [0.15, 0.2) is 11.5 Å². The number of aromatic nitrogens is 2. The fourth-order valence-corrected chi connectivity index (χ4v) is 4.31. The first-order valence-corrected chi connectivity index (χ1v) is 11.0. The third kappa shape index (κ3) is 4.43. The minimum Gasteiger partial charge on any atom is -0.493 e. The maximum atomic E-state index is 12.7. The van der Waals surface area contributed by atoms with Crippen LogP contribution in [0.5, 0.6) is 11.5 Å². The number of carbonyl (C=O) groups excluding carboxylic acids is 1. The number of para-hydroxylation sites is 4. The monoisotopic (exact) mass is 437 g/mol. The summed E-state index contributed by atoms with van der Waals surface area (Å²) in [6, 6.07) is 15.2. The summed E-state index contributed by atoms with van der Waals surface area (Å²) in [5.41, 5.74) is 1.58. The van der Waals surface area contributed by atoms with Crippen molar-refractivity contribution in [3.8, 4) is 11.5 Å². The minimum atomic E-state index is -0.757. The van der Waals surface area contributed by atoms with Crippen molar-refractivity contribution < 1.29 is 19.4 Å². The van der Waals surface area contributed by atoms with Crippen LogP contribution in [-0.2, 0) is 11.3 Å². The Kier molecular flexibility index (Phi) is 6.11. The van der Waals surface area contributed by atoms with Crippen molar-refractivity contribution in [1.82, 2.24) is 14.5 Å². The van der Waals surface area contributed by atoms with E-state index in [-0.39, 0.29) is 24.0 Å². The summed E-state index contributed by atoms with van der Waals surface area (Å²) in [4.78, 5) is 19.5. The van der Waals surface area contributed by atoms with E-state index < -0.39 is 6.10 Å². The second-order valence-corrected chi connectivity index (χ2v) is 9.26. The third-order valence-electron chi connectivity index (χ3n) is 5.88. The second kappa shape index (κ2) is 8.82. The highest BCUT2D eigenvalue weighted by Gasteiger charge is 2.39. The SMILES string of the molecule is COc1ccccc1OC[C@@H](O)Cn1c([C@H]2CC(=O)N(C(C)(C)C)C2)nc2ccccc21. The predicted octanol–water partition coefficient (Wildman–Crippen LogP) is 3.60. The lowest BCUT2D eigenvalue weighted by Crippen LogP contribution is -2.42. The van der Waals surface area contributed by atoms with Crippen molar-refractivity contribution in [1.29, 1.82) is 0 Å². The molecule has 7 heteroatoms. The van der Waals surface area contributed by atoms with E-state index in [0.29, 0.717) is 31.0 Å². The third-order valence-corrected chi connectivity index (χ3v) is 5.88. The van der Waals surface area contributed by atoms with Gasteiger partial charge in [-0.25, -0.2) is 4.98 Å². The molecular formula is C25H31N3O4. The first kappa shape index (κ1) is 22.1. The average Bonchev–Trinajstić information content (AvgIpc) is 3.33. The number of methoxy groups -OCH3 is 1. The molecule has 0 aliphatic carbocycles. The molecule has 0 bridgehead atoms. The number of rotatable bonds is 7. The highest BCUT2D eigenvalue weighted by Crippen LogP contribution is 2.34. The molecule has 1 fully saturated rings. The molecule has 0 radical (unpaired) electrons. The molecule has 1 aliphatic heterocycles. The largest absolute Gasteiger partial charge is 0.493 e. The predicted molar refractivity (Wildman–Crippen MR) is 123 cm³/mol. The van der Waals surface area contributed by atoms with Crippen molar-refractivity contribution in [3.63, 3.8) is 0 Å². The molecule has 170 valence electrons. The number of amides is 1. The highest BCUT2D eigenvalue weighted by molar-refractivity contribution is 5.81. The van der Waals surface area contributed by atoms with Crippen LogP contribution in [0.25, 0.3) is 11.0 Å². The van der Waals surface area contributed by atoms with Crippen molar-refractivity contribution in [2.24, 2.45) is 0 Å². The van der Waals surface area contributed by atoms with Gasteiger partial charge in [0, 0.05) is 24.4 Å². The zero-order valence-electron chi connectivity index (χ0n) is 19.1. The number of imidazole rings is 1. The van der Waals surface area contributed by atoms with Crippen LogP contribution >= 0.6 is 0 Å². The van der Waals surface area contributed by atoms with Crippen molar-refractivity contribution in [2.45, 2.75) is 51.3 Å². The standard InChI is InChI=1S/C25H31N3O4/c1-25(2,3)28-14-17(13-23(28)30)24-26-19-9-5-6-10-20(19)27(24)15-18(29)16-32-22-12-8-7-11-21(22)31-4/h5-12,17-18,29H,13-16H2,1-4H3/t17-,18-/m0/s1. The van der Waals surface area contributed by atoms with Gasteiger partial charge in [-0.15, -0.1) is 0 Å². The molecule has 0 saturated carbocycles. The zero-order chi connectivity index (χ0) is 22.9. The molecule has 4 rings (SSSR count). The van der Waals surface area contributed by atoms with Gasteiger partial charge < -0.3 is 24.0 Å². The average molecular weight is 438 g/mol. The molecule has 1 saturated heterocycles. The molecule has 1 aromatic heterocycles. The van der Waals surface area contributed by atoms with Crippen LogP contribution in [0, 0.1) is 0 Å². The maximum absolute atomic E-state index is 12.7. The molecule has 0 unspecified atom stereocenters. The van der Waals surface area contributed by atoms with E-state index in [2.05, 4.69) is 20.8 Å². The van der Waals surface area contributed by atoms with Gasteiger partial charge in [0.25, 0.3) is 0 Å². The molecule has 2 aromatic carbocycles. The topological polar surface area (TPSA) is 76.8 Å². The summed E-state index contributed by atoms with van der Waals surface area (Å²) in [7, 11) is 1.59. The Morgan fingerprint density at radius 1 is 1.12 bits per heavy atom. The van der Waals surface area contributed by atoms with Gasteiger partial charge >= 0.3 is 0 Å². The lowest BCUT2D eigenvalue weighted by molar-refractivity contribution is -0.131. The summed E-state index contributed by atoms with van der Waals surface area (Å²) in [6.07, 6.45) is -0.332. The quantitative estimate of drug-likeness (QED) is 0.611. The smallest absolute Gasteiger partial charge is 0.223 e. The van der Waals surface area contributed by atoms with E-state index in [0.717, 1.165) is 16.9 Å². The summed E-state index contributed by atoms with van der Waals surface area (Å²) in [6.45, 7) is 7.22. The van der Waals surface area contributed by atoms with Crippen molar-refractivity contribution in [3.05, 3.63) is 54.4 Å². The molecular weight excluding hydrogens is 406 g/mol. The summed E-state index contributed by atoms with van der Waals surface area (Å²) in [5.74, 6) is 2.17. The number of ether oxygens (including phenoxy) is 2. The van der Waals surface area contributed by atoms with E-state index in [4.69, 9.17) is 14.5 Å². The number of aliphatic hydroxyl groups is 1. The molecule has 32 heavy (non-hydrogen) atoms. The number of benzene rings is 2. The fourth-order valence-electron chi connectivity index (χ4n) is 4.31. The summed E-state index contributed by atoms with van der Waals surface area (Å²) < 4.78 is 13.2. The Bertz CT molecular complexity index is 1100. The van der Waals surface area contributed by atoms with Gasteiger partial charge in [-0.3, -0.25) is 4.79 Å². The normalized spacial score (nSPS) is 17.7. The number of likely N-dealkylation sites (tertiary alicyclic amines) is 1. The van der Waals surface area contributed by atoms with Crippen LogP contribution in [0.1, 0.15) is 38.9 Å². The first-order chi connectivity index (χ1) is 15.3. The molecule has 2 atom stereocenters. The fraction of sp³-hybridized carbons (Fsp3) is 0.440. The van der Waals surface area contributed by atoms with E-state index in [1.54, 1.807) is 7.11 Å². The minimum absolute atomic E-state index is 0.0172. The van der Waals surface area contributed by atoms with Gasteiger partial charge in [-0.05, 0) is 45.0 Å². The van der Waals surface area contributed by atoms with E-state index in [1.807, 2.05) is 58.0 Å². The molecule has 3 aromatic rings. The molecule has 1 aliphatic rings. The Balaban J connectivity index is 1.56. The number of hydrogen-bond donors (Lipinski definition) is 1. The Hall–Kier alpha value is -3.06. The maximum Gasteiger partial charge on any atom is 0.223 e. The van der Waals surface area contributed by atoms with Crippen molar-refractivity contribution >= 4 is 16.9 Å². The Morgan fingerprint density at radius 3 is 2.50 bits per heavy atom. The van der Waals surface area contributed by atoms with E-state index >= 15 is 0 Å². The van der Waals surface area contributed by atoms with Crippen molar-refractivity contribution in [2.75, 3.05) is 20.3 Å². The molecule has 2 heterocycles. The second-order valence-electron chi connectivity index (χ2n) is 9.26. The number of fused-ring (bicyclic) bond motifs is 1. The van der Waals surface area contributed by atoms with Crippen LogP contribution in [0.4, 0.5) is 0 Å². The Morgan fingerprint density at radius 2 is 1.81 bits per heavy atom. The lowest BCUT2D eigenvalue weighted by atomic mass is 10.1. The Labute approximate surface area is 188 Å². The number of hydrogen-bond acceptors (Lipinski definition) is 5. The molecule has 1 amide bonds. The molecule has 7 nitrogen and oxygen atoms in total. The van der Waals surface area contributed by atoms with Crippen LogP contribution in [-0.4, -0.2) is 57.4 Å². The van der Waals surface area contributed by atoms with Gasteiger partial charge in [-0.1, -0.05) is 24.3 Å². The summed E-state index contributed by atoms with van der Waals surface area (Å²) >= 11 is 0. The van der Waals surface area contributed by atoms with Crippen LogP contribution in [0.15, 0.2) is 48.5 Å². The number of carbonyl (C=O) groups is 1. The number of aliphatic hydroxyl groups excluding tert-OH is 1. The van der Waals surface area contributed by atoms with Gasteiger partial charge in [-0.2, -0.15) is 0 Å².